The third kappa shape index (κ3) is 2.60. The smallest absolute Gasteiger partial charge is 0.258 e. The van der Waals surface area contributed by atoms with Gasteiger partial charge in [0, 0.05) is 12.1 Å². The molecule has 0 saturated carbocycles. The van der Waals surface area contributed by atoms with E-state index < -0.39 is 0 Å². The van der Waals surface area contributed by atoms with Gasteiger partial charge in [-0.15, -0.1) is 0 Å². The van der Waals surface area contributed by atoms with Crippen LogP contribution in [0.3, 0.4) is 0 Å². The van der Waals surface area contributed by atoms with Crippen LogP contribution in [-0.4, -0.2) is 4.92 Å². The molecule has 1 aromatic carbocycles. The van der Waals surface area contributed by atoms with Gasteiger partial charge in [-0.05, 0) is 23.8 Å². The van der Waals surface area contributed by atoms with Crippen LogP contribution in [0.1, 0.15) is 45.6 Å². The van der Waals surface area contributed by atoms with Gasteiger partial charge in [-0.1, -0.05) is 39.3 Å². The zero-order valence-corrected chi connectivity index (χ0v) is 10.2. The van der Waals surface area contributed by atoms with E-state index >= 15 is 0 Å². The normalized spacial score (nSPS) is 14.4. The van der Waals surface area contributed by atoms with Crippen molar-refractivity contribution in [3.63, 3.8) is 0 Å². The van der Waals surface area contributed by atoms with E-state index in [2.05, 4.69) is 20.8 Å². The summed E-state index contributed by atoms with van der Waals surface area (Å²) in [5.74, 6) is 0. The first-order valence-electron chi connectivity index (χ1n) is 5.78. The predicted molar refractivity (Wildman–Crippen MR) is 65.6 cm³/mol. The lowest BCUT2D eigenvalue weighted by Gasteiger charge is -2.28. The van der Waals surface area contributed by atoms with Crippen LogP contribution in [0, 0.1) is 10.1 Å². The van der Waals surface area contributed by atoms with E-state index in [-0.39, 0.29) is 16.0 Å². The minimum absolute atomic E-state index is 0.0563. The van der Waals surface area contributed by atoms with Gasteiger partial charge < -0.3 is 0 Å². The Balaban J connectivity index is 3.10. The van der Waals surface area contributed by atoms with E-state index in [9.17, 15) is 10.1 Å². The molecule has 1 unspecified atom stereocenters. The van der Waals surface area contributed by atoms with Gasteiger partial charge in [-0.2, -0.15) is 0 Å². The van der Waals surface area contributed by atoms with E-state index in [1.165, 1.54) is 0 Å². The van der Waals surface area contributed by atoms with Crippen LogP contribution < -0.4 is 0 Å². The Hall–Kier alpha value is -1.38. The highest BCUT2D eigenvalue weighted by Gasteiger charge is 2.24. The monoisotopic (exact) mass is 221 g/mol. The summed E-state index contributed by atoms with van der Waals surface area (Å²) in [6, 6.07) is 7.02. The van der Waals surface area contributed by atoms with Crippen molar-refractivity contribution in [2.24, 2.45) is 0 Å². The zero-order chi connectivity index (χ0) is 12.2. The first kappa shape index (κ1) is 12.7. The van der Waals surface area contributed by atoms with Crippen molar-refractivity contribution in [1.82, 2.24) is 0 Å². The average Bonchev–Trinajstić information content (AvgIpc) is 2.29. The molecule has 0 aromatic heterocycles. The molecule has 0 radical (unpaired) electrons. The van der Waals surface area contributed by atoms with Gasteiger partial charge in [0.25, 0.3) is 5.69 Å². The quantitative estimate of drug-likeness (QED) is 0.555. The number of hydrogen-bond acceptors (Lipinski definition) is 2. The van der Waals surface area contributed by atoms with Crippen LogP contribution in [0.25, 0.3) is 0 Å². The largest absolute Gasteiger partial charge is 0.269 e. The molecule has 0 N–H and O–H groups in total. The van der Waals surface area contributed by atoms with Gasteiger partial charge in [-0.3, -0.25) is 10.1 Å². The Bertz CT molecular complexity index is 376. The lowest BCUT2D eigenvalue weighted by molar-refractivity contribution is -0.385. The van der Waals surface area contributed by atoms with E-state index in [0.29, 0.717) is 0 Å². The number of benzene rings is 1. The number of nitro benzene ring substituents is 1. The fourth-order valence-electron chi connectivity index (χ4n) is 2.07. The van der Waals surface area contributed by atoms with Crippen molar-refractivity contribution in [2.75, 3.05) is 0 Å². The minimum atomic E-state index is -0.328. The Morgan fingerprint density at radius 1 is 1.38 bits per heavy atom. The topological polar surface area (TPSA) is 43.1 Å². The van der Waals surface area contributed by atoms with Crippen molar-refractivity contribution in [1.29, 1.82) is 0 Å². The van der Waals surface area contributed by atoms with Crippen molar-refractivity contribution in [3.8, 4) is 0 Å². The van der Waals surface area contributed by atoms with Crippen LogP contribution in [0.15, 0.2) is 24.3 Å². The highest BCUT2D eigenvalue weighted by atomic mass is 16.6. The maximum atomic E-state index is 10.7. The number of hydrogen-bond donors (Lipinski definition) is 0. The number of nitrogens with zero attached hydrogens (tertiary/aromatic N) is 1. The molecule has 0 fully saturated rings. The number of rotatable bonds is 5. The summed E-state index contributed by atoms with van der Waals surface area (Å²) >= 11 is 0. The number of non-ortho nitro benzene ring substituents is 1. The molecule has 0 amide bonds. The minimum Gasteiger partial charge on any atom is -0.258 e. The second-order valence-electron chi connectivity index (χ2n) is 4.47. The van der Waals surface area contributed by atoms with Crippen LogP contribution in [0.2, 0.25) is 0 Å². The third-order valence-corrected chi connectivity index (χ3v) is 3.34. The van der Waals surface area contributed by atoms with Crippen molar-refractivity contribution in [2.45, 2.75) is 45.4 Å². The molecule has 0 aliphatic heterocycles. The fraction of sp³-hybridized carbons (Fsp3) is 0.538. The van der Waals surface area contributed by atoms with Gasteiger partial charge in [0.1, 0.15) is 0 Å². The molecule has 0 heterocycles. The summed E-state index contributed by atoms with van der Waals surface area (Å²) in [5, 5.41) is 10.7. The molecule has 0 spiro atoms. The average molecular weight is 221 g/mol. The standard InChI is InChI=1S/C13H19NO2/c1-4-9-13(3,5-2)11-7-6-8-12(10-11)14(15)16/h6-8,10H,4-5,9H2,1-3H3. The molecule has 1 rings (SSSR count). The Labute approximate surface area is 96.6 Å². The SMILES string of the molecule is CCCC(C)(CC)c1cccc([N+](=O)[O-])c1. The predicted octanol–water partition coefficient (Wildman–Crippen LogP) is 4.06. The van der Waals surface area contributed by atoms with Crippen LogP contribution >= 0.6 is 0 Å². The summed E-state index contributed by atoms with van der Waals surface area (Å²) in [6.07, 6.45) is 3.15. The Kier molecular flexibility index (Phi) is 4.05. The molecule has 0 saturated heterocycles. The molecule has 0 aliphatic carbocycles. The highest BCUT2D eigenvalue weighted by molar-refractivity contribution is 5.37. The van der Waals surface area contributed by atoms with Crippen molar-refractivity contribution in [3.05, 3.63) is 39.9 Å². The van der Waals surface area contributed by atoms with E-state index in [4.69, 9.17) is 0 Å². The maximum Gasteiger partial charge on any atom is 0.269 e. The van der Waals surface area contributed by atoms with E-state index in [1.807, 2.05) is 6.07 Å². The molecule has 16 heavy (non-hydrogen) atoms. The van der Waals surface area contributed by atoms with Crippen LogP contribution in [0.4, 0.5) is 5.69 Å². The Morgan fingerprint density at radius 3 is 2.56 bits per heavy atom. The molecular weight excluding hydrogens is 202 g/mol. The zero-order valence-electron chi connectivity index (χ0n) is 10.2. The molecule has 3 nitrogen and oxygen atoms in total. The summed E-state index contributed by atoms with van der Waals surface area (Å²) in [5.41, 5.74) is 1.32. The van der Waals surface area contributed by atoms with Crippen molar-refractivity contribution >= 4 is 5.69 Å². The highest BCUT2D eigenvalue weighted by Crippen LogP contribution is 2.33. The fourth-order valence-corrected chi connectivity index (χ4v) is 2.07. The summed E-state index contributed by atoms with van der Waals surface area (Å²) in [4.78, 5) is 10.4. The van der Waals surface area contributed by atoms with Crippen LogP contribution in [-0.2, 0) is 5.41 Å². The van der Waals surface area contributed by atoms with E-state index in [1.54, 1.807) is 18.2 Å². The second kappa shape index (κ2) is 5.10. The number of nitro groups is 1. The van der Waals surface area contributed by atoms with Gasteiger partial charge in [0.05, 0.1) is 4.92 Å². The summed E-state index contributed by atoms with van der Waals surface area (Å²) < 4.78 is 0. The molecular formula is C13H19NO2. The van der Waals surface area contributed by atoms with Crippen molar-refractivity contribution < 1.29 is 4.92 Å². The van der Waals surface area contributed by atoms with Gasteiger partial charge in [0.15, 0.2) is 0 Å². The third-order valence-electron chi connectivity index (χ3n) is 3.34. The maximum absolute atomic E-state index is 10.7. The van der Waals surface area contributed by atoms with Crippen LogP contribution in [0.5, 0.6) is 0 Å². The lowest BCUT2D eigenvalue weighted by Crippen LogP contribution is -2.20. The molecule has 3 heteroatoms. The van der Waals surface area contributed by atoms with Gasteiger partial charge in [0.2, 0.25) is 0 Å². The lowest BCUT2D eigenvalue weighted by atomic mass is 9.76. The summed E-state index contributed by atoms with van der Waals surface area (Å²) in [6.45, 7) is 6.45. The first-order valence-corrected chi connectivity index (χ1v) is 5.78. The molecule has 1 atom stereocenters. The Morgan fingerprint density at radius 2 is 2.06 bits per heavy atom. The molecule has 0 aliphatic rings. The van der Waals surface area contributed by atoms with E-state index in [0.717, 1.165) is 24.8 Å². The summed E-state index contributed by atoms with van der Waals surface area (Å²) in [7, 11) is 0. The van der Waals surface area contributed by atoms with Gasteiger partial charge >= 0.3 is 0 Å². The first-order chi connectivity index (χ1) is 7.53. The molecule has 1 aromatic rings. The molecule has 88 valence electrons. The van der Waals surface area contributed by atoms with Gasteiger partial charge in [-0.25, -0.2) is 0 Å². The second-order valence-corrected chi connectivity index (χ2v) is 4.47. The molecule has 0 bridgehead atoms.